The van der Waals surface area contributed by atoms with Crippen molar-refractivity contribution in [1.82, 2.24) is 9.55 Å². The molecule has 2 aromatic rings. The van der Waals surface area contributed by atoms with Crippen molar-refractivity contribution >= 4 is 0 Å². The second-order valence-corrected chi connectivity index (χ2v) is 3.42. The van der Waals surface area contributed by atoms with E-state index in [1.54, 1.807) is 12.3 Å². The number of furan rings is 1. The fourth-order valence-electron chi connectivity index (χ4n) is 1.56. The smallest absolute Gasteiger partial charge is 0.169 e. The molecule has 4 nitrogen and oxygen atoms in total. The Balaban J connectivity index is 2.31. The summed E-state index contributed by atoms with van der Waals surface area (Å²) in [5.74, 6) is 1.94. The summed E-state index contributed by atoms with van der Waals surface area (Å²) in [5, 5.41) is 10.0. The van der Waals surface area contributed by atoms with Crippen LogP contribution in [0.5, 0.6) is 0 Å². The molecule has 2 aromatic heterocycles. The molecule has 0 saturated carbocycles. The van der Waals surface area contributed by atoms with Crippen molar-refractivity contribution in [3.8, 4) is 0 Å². The van der Waals surface area contributed by atoms with Gasteiger partial charge >= 0.3 is 0 Å². The molecule has 15 heavy (non-hydrogen) atoms. The monoisotopic (exact) mass is 206 g/mol. The molecule has 1 atom stereocenters. The first-order valence-corrected chi connectivity index (χ1v) is 4.97. The molecule has 1 unspecified atom stereocenters. The molecule has 1 N–H and O–H groups in total. The van der Waals surface area contributed by atoms with Crippen LogP contribution < -0.4 is 0 Å². The lowest BCUT2D eigenvalue weighted by Gasteiger charge is -2.09. The minimum absolute atomic E-state index is 0.536. The Morgan fingerprint density at radius 3 is 2.93 bits per heavy atom. The van der Waals surface area contributed by atoms with Gasteiger partial charge in [0.25, 0.3) is 0 Å². The molecule has 0 fully saturated rings. The maximum absolute atomic E-state index is 10.0. The zero-order chi connectivity index (χ0) is 10.8. The third kappa shape index (κ3) is 1.80. The Morgan fingerprint density at radius 2 is 2.33 bits per heavy atom. The van der Waals surface area contributed by atoms with Crippen LogP contribution in [0.3, 0.4) is 0 Å². The van der Waals surface area contributed by atoms with Crippen LogP contribution >= 0.6 is 0 Å². The Labute approximate surface area is 88.2 Å². The number of aliphatic hydroxyl groups is 1. The maximum atomic E-state index is 10.0. The van der Waals surface area contributed by atoms with Crippen molar-refractivity contribution in [3.05, 3.63) is 41.9 Å². The Kier molecular flexibility index (Phi) is 2.60. The maximum Gasteiger partial charge on any atom is 0.169 e. The number of imidazole rings is 1. The van der Waals surface area contributed by atoms with E-state index in [0.717, 1.165) is 12.3 Å². The summed E-state index contributed by atoms with van der Waals surface area (Å²) in [4.78, 5) is 4.13. The lowest BCUT2D eigenvalue weighted by atomic mass is 10.2. The van der Waals surface area contributed by atoms with Crippen LogP contribution in [0.4, 0.5) is 0 Å². The molecule has 0 saturated heterocycles. The number of hydrogen-bond donors (Lipinski definition) is 1. The number of aromatic nitrogens is 2. The minimum Gasteiger partial charge on any atom is -0.463 e. The van der Waals surface area contributed by atoms with Gasteiger partial charge < -0.3 is 14.1 Å². The van der Waals surface area contributed by atoms with Gasteiger partial charge in [-0.3, -0.25) is 0 Å². The average Bonchev–Trinajstić information content (AvgIpc) is 2.84. The molecule has 0 radical (unpaired) electrons. The summed E-state index contributed by atoms with van der Waals surface area (Å²) < 4.78 is 7.26. The van der Waals surface area contributed by atoms with Crippen LogP contribution in [-0.2, 0) is 6.54 Å². The average molecular weight is 206 g/mol. The third-order valence-electron chi connectivity index (χ3n) is 2.36. The van der Waals surface area contributed by atoms with Crippen LogP contribution in [-0.4, -0.2) is 14.7 Å². The van der Waals surface area contributed by atoms with E-state index in [9.17, 15) is 5.11 Å². The molecular weight excluding hydrogens is 192 g/mol. The van der Waals surface area contributed by atoms with E-state index >= 15 is 0 Å². The number of aliphatic hydroxyl groups excluding tert-OH is 1. The summed E-state index contributed by atoms with van der Waals surface area (Å²) in [5.41, 5.74) is 0. The minimum atomic E-state index is -0.784. The van der Waals surface area contributed by atoms with Crippen molar-refractivity contribution in [2.24, 2.45) is 0 Å². The first-order valence-electron chi connectivity index (χ1n) is 4.97. The van der Waals surface area contributed by atoms with Crippen LogP contribution in [0.15, 0.2) is 28.9 Å². The zero-order valence-corrected chi connectivity index (χ0v) is 8.84. The quantitative estimate of drug-likeness (QED) is 0.834. The third-order valence-corrected chi connectivity index (χ3v) is 2.36. The van der Waals surface area contributed by atoms with E-state index < -0.39 is 6.10 Å². The molecule has 0 aliphatic heterocycles. The molecule has 2 heterocycles. The second kappa shape index (κ2) is 3.90. The highest BCUT2D eigenvalue weighted by Crippen LogP contribution is 2.22. The predicted molar refractivity (Wildman–Crippen MR) is 55.4 cm³/mol. The standard InChI is InChI=1S/C11H14N2O2/c1-3-13-7-6-12-11(13)10(14)9-5-4-8(2)15-9/h4-7,10,14H,3H2,1-2H3. The van der Waals surface area contributed by atoms with E-state index in [1.165, 1.54) is 0 Å². The van der Waals surface area contributed by atoms with Crippen LogP contribution in [0.2, 0.25) is 0 Å². The summed E-state index contributed by atoms with van der Waals surface area (Å²) in [6.07, 6.45) is 2.74. The van der Waals surface area contributed by atoms with Gasteiger partial charge in [0.05, 0.1) is 0 Å². The van der Waals surface area contributed by atoms with Crippen molar-refractivity contribution in [2.45, 2.75) is 26.5 Å². The van der Waals surface area contributed by atoms with Gasteiger partial charge in [0.1, 0.15) is 17.3 Å². The van der Waals surface area contributed by atoms with E-state index in [-0.39, 0.29) is 0 Å². The van der Waals surface area contributed by atoms with Crippen molar-refractivity contribution < 1.29 is 9.52 Å². The normalized spacial score (nSPS) is 13.0. The first kappa shape index (κ1) is 9.98. The molecule has 0 aliphatic rings. The fraction of sp³-hybridized carbons (Fsp3) is 0.364. The predicted octanol–water partition coefficient (Wildman–Crippen LogP) is 1.89. The Morgan fingerprint density at radius 1 is 1.53 bits per heavy atom. The van der Waals surface area contributed by atoms with Gasteiger partial charge in [-0.2, -0.15) is 0 Å². The number of hydrogen-bond acceptors (Lipinski definition) is 3. The lowest BCUT2D eigenvalue weighted by molar-refractivity contribution is 0.174. The zero-order valence-electron chi connectivity index (χ0n) is 8.84. The molecule has 0 spiro atoms. The molecule has 2 rings (SSSR count). The lowest BCUT2D eigenvalue weighted by Crippen LogP contribution is -2.08. The highest BCUT2D eigenvalue weighted by atomic mass is 16.4. The number of nitrogens with zero attached hydrogens (tertiary/aromatic N) is 2. The first-order chi connectivity index (χ1) is 7.22. The van der Waals surface area contributed by atoms with Gasteiger partial charge in [-0.1, -0.05) is 0 Å². The molecule has 4 heteroatoms. The summed E-state index contributed by atoms with van der Waals surface area (Å²) in [6, 6.07) is 3.60. The van der Waals surface area contributed by atoms with Gasteiger partial charge in [0.15, 0.2) is 6.10 Å². The molecule has 0 aromatic carbocycles. The largest absolute Gasteiger partial charge is 0.463 e. The van der Waals surface area contributed by atoms with E-state index in [0.29, 0.717) is 11.6 Å². The van der Waals surface area contributed by atoms with Gasteiger partial charge in [0, 0.05) is 18.9 Å². The summed E-state index contributed by atoms with van der Waals surface area (Å²) in [6.45, 7) is 4.64. The fourth-order valence-corrected chi connectivity index (χ4v) is 1.56. The van der Waals surface area contributed by atoms with Gasteiger partial charge in [-0.15, -0.1) is 0 Å². The van der Waals surface area contributed by atoms with E-state index in [2.05, 4.69) is 4.98 Å². The van der Waals surface area contributed by atoms with Crippen LogP contribution in [0, 0.1) is 6.92 Å². The van der Waals surface area contributed by atoms with Crippen LogP contribution in [0.25, 0.3) is 0 Å². The highest BCUT2D eigenvalue weighted by molar-refractivity contribution is 5.15. The summed E-state index contributed by atoms with van der Waals surface area (Å²) >= 11 is 0. The summed E-state index contributed by atoms with van der Waals surface area (Å²) in [7, 11) is 0. The molecule has 0 amide bonds. The molecule has 0 aliphatic carbocycles. The molecule has 0 bridgehead atoms. The van der Waals surface area contributed by atoms with Crippen LogP contribution in [0.1, 0.15) is 30.4 Å². The van der Waals surface area contributed by atoms with Crippen molar-refractivity contribution in [2.75, 3.05) is 0 Å². The van der Waals surface area contributed by atoms with E-state index in [1.807, 2.05) is 30.7 Å². The Hall–Kier alpha value is -1.55. The highest BCUT2D eigenvalue weighted by Gasteiger charge is 2.18. The topological polar surface area (TPSA) is 51.2 Å². The van der Waals surface area contributed by atoms with Gasteiger partial charge in [-0.25, -0.2) is 4.98 Å². The van der Waals surface area contributed by atoms with Crippen molar-refractivity contribution in [1.29, 1.82) is 0 Å². The van der Waals surface area contributed by atoms with Crippen molar-refractivity contribution in [3.63, 3.8) is 0 Å². The second-order valence-electron chi connectivity index (χ2n) is 3.42. The number of rotatable bonds is 3. The molecular formula is C11H14N2O2. The molecule has 80 valence electrons. The number of aryl methyl sites for hydroxylation is 2. The van der Waals surface area contributed by atoms with E-state index in [4.69, 9.17) is 4.42 Å². The Bertz CT molecular complexity index is 445. The van der Waals surface area contributed by atoms with Gasteiger partial charge in [0.2, 0.25) is 0 Å². The van der Waals surface area contributed by atoms with Gasteiger partial charge in [-0.05, 0) is 26.0 Å². The SMILES string of the molecule is CCn1ccnc1C(O)c1ccc(C)o1.